The zero-order valence-electron chi connectivity index (χ0n) is 10.9. The molecule has 0 spiro atoms. The number of hydrogen-bond acceptors (Lipinski definition) is 6. The van der Waals surface area contributed by atoms with E-state index in [0.717, 1.165) is 0 Å². The third-order valence-electron chi connectivity index (χ3n) is 2.59. The van der Waals surface area contributed by atoms with E-state index in [0.29, 0.717) is 11.1 Å². The van der Waals surface area contributed by atoms with Crippen molar-refractivity contribution < 1.29 is 19.7 Å². The smallest absolute Gasteiger partial charge is 0.233 e. The van der Waals surface area contributed by atoms with E-state index in [1.54, 1.807) is 24.3 Å². The van der Waals surface area contributed by atoms with Crippen molar-refractivity contribution in [2.45, 2.75) is 0 Å². The van der Waals surface area contributed by atoms with E-state index in [2.05, 4.69) is 0 Å². The van der Waals surface area contributed by atoms with Gasteiger partial charge in [0.2, 0.25) is 6.79 Å². The fourth-order valence-electron chi connectivity index (χ4n) is 1.50. The number of thiocarbonyl (C=S) groups is 2. The summed E-state index contributed by atoms with van der Waals surface area (Å²) in [5.74, 6) is 0.317. The summed E-state index contributed by atoms with van der Waals surface area (Å²) in [6.45, 7) is -0.112. The van der Waals surface area contributed by atoms with Crippen molar-refractivity contribution in [2.75, 3.05) is 6.79 Å². The van der Waals surface area contributed by atoms with Gasteiger partial charge in [0, 0.05) is 11.1 Å². The molecule has 0 saturated heterocycles. The van der Waals surface area contributed by atoms with Crippen molar-refractivity contribution in [1.82, 2.24) is 0 Å². The molecular weight excluding hydrogens is 308 g/mol. The molecule has 0 heterocycles. The van der Waals surface area contributed by atoms with Gasteiger partial charge >= 0.3 is 0 Å². The summed E-state index contributed by atoms with van der Waals surface area (Å²) in [6, 6.07) is 12.7. The Balaban J connectivity index is 1.83. The maximum Gasteiger partial charge on any atom is 0.233 e. The van der Waals surface area contributed by atoms with Gasteiger partial charge in [-0.15, -0.1) is 0 Å². The van der Waals surface area contributed by atoms with Gasteiger partial charge in [-0.2, -0.15) is 0 Å². The van der Waals surface area contributed by atoms with Crippen molar-refractivity contribution in [3.63, 3.8) is 0 Å². The van der Waals surface area contributed by atoms with Crippen LogP contribution >= 0.6 is 24.4 Å². The minimum atomic E-state index is -0.112. The van der Waals surface area contributed by atoms with Crippen molar-refractivity contribution in [2.24, 2.45) is 0 Å². The average molecular weight is 320 g/mol. The fourth-order valence-corrected chi connectivity index (χ4v) is 1.87. The Morgan fingerprint density at radius 1 is 0.714 bits per heavy atom. The highest BCUT2D eigenvalue weighted by molar-refractivity contribution is 7.80. The van der Waals surface area contributed by atoms with Crippen molar-refractivity contribution in [3.05, 3.63) is 59.7 Å². The van der Waals surface area contributed by atoms with Gasteiger partial charge in [0.25, 0.3) is 0 Å². The lowest BCUT2D eigenvalue weighted by atomic mass is 10.2. The van der Waals surface area contributed by atoms with Crippen LogP contribution in [0.5, 0.6) is 11.5 Å². The molecule has 0 aliphatic heterocycles. The second kappa shape index (κ2) is 7.01. The Kier molecular flexibility index (Phi) is 5.08. The lowest BCUT2D eigenvalue weighted by Gasteiger charge is -2.10. The van der Waals surface area contributed by atoms with Crippen LogP contribution < -0.4 is 0 Å². The van der Waals surface area contributed by atoms with E-state index >= 15 is 0 Å². The Morgan fingerprint density at radius 3 is 1.38 bits per heavy atom. The molecule has 0 aliphatic carbocycles. The molecule has 0 amide bonds. The SMILES string of the molecule is Oc1ccc(C(=S)OCOC(=S)c2ccc(O)cc2)cc1. The predicted molar refractivity (Wildman–Crippen MR) is 86.7 cm³/mol. The quantitative estimate of drug-likeness (QED) is 0.667. The number of phenolic OH excluding ortho intramolecular Hbond substituents is 2. The number of phenols is 2. The van der Waals surface area contributed by atoms with Crippen molar-refractivity contribution in [1.29, 1.82) is 0 Å². The first-order valence-corrected chi connectivity index (χ1v) is 6.80. The summed E-state index contributed by atoms with van der Waals surface area (Å²) in [5, 5.41) is 18.9. The first-order chi connectivity index (χ1) is 10.1. The number of ether oxygens (including phenoxy) is 2. The van der Waals surface area contributed by atoms with Crippen LogP contribution in [0.3, 0.4) is 0 Å². The number of aromatic hydroxyl groups is 2. The molecule has 0 radical (unpaired) electrons. The first-order valence-electron chi connectivity index (χ1n) is 5.98. The molecule has 0 aromatic heterocycles. The van der Waals surface area contributed by atoms with Crippen LogP contribution in [0, 0.1) is 0 Å². The molecule has 108 valence electrons. The standard InChI is InChI=1S/C15H12O4S2/c16-12-5-1-10(2-6-12)14(20)18-9-19-15(21)11-3-7-13(17)8-4-11/h1-8,16-17H,9H2. The summed E-state index contributed by atoms with van der Waals surface area (Å²) in [7, 11) is 0. The predicted octanol–water partition coefficient (Wildman–Crippen LogP) is 3.14. The van der Waals surface area contributed by atoms with Crippen LogP contribution in [-0.2, 0) is 9.47 Å². The Hall–Kier alpha value is -2.18. The molecule has 4 nitrogen and oxygen atoms in total. The number of hydrogen-bond donors (Lipinski definition) is 2. The molecule has 2 N–H and O–H groups in total. The topological polar surface area (TPSA) is 58.9 Å². The molecule has 2 rings (SSSR count). The van der Waals surface area contributed by atoms with Gasteiger partial charge < -0.3 is 19.7 Å². The van der Waals surface area contributed by atoms with Gasteiger partial charge in [-0.1, -0.05) is 0 Å². The zero-order valence-corrected chi connectivity index (χ0v) is 12.5. The van der Waals surface area contributed by atoms with Crippen LogP contribution in [-0.4, -0.2) is 27.1 Å². The van der Waals surface area contributed by atoms with E-state index in [1.807, 2.05) is 0 Å². The molecule has 0 atom stereocenters. The third-order valence-corrected chi connectivity index (χ3v) is 3.29. The van der Waals surface area contributed by atoms with Gasteiger partial charge in [-0.05, 0) is 73.0 Å². The molecule has 21 heavy (non-hydrogen) atoms. The van der Waals surface area contributed by atoms with E-state index in [4.69, 9.17) is 33.9 Å². The monoisotopic (exact) mass is 320 g/mol. The van der Waals surface area contributed by atoms with Crippen LogP contribution in [0.4, 0.5) is 0 Å². The molecular formula is C15H12O4S2. The highest BCUT2D eigenvalue weighted by Gasteiger charge is 2.05. The molecule has 0 fully saturated rings. The molecule has 2 aromatic rings. The van der Waals surface area contributed by atoms with E-state index < -0.39 is 0 Å². The summed E-state index contributed by atoms with van der Waals surface area (Å²) in [6.07, 6.45) is 0. The Labute approximate surface area is 132 Å². The van der Waals surface area contributed by atoms with Gasteiger partial charge in [0.05, 0.1) is 0 Å². The summed E-state index contributed by atoms with van der Waals surface area (Å²) < 4.78 is 10.5. The zero-order chi connectivity index (χ0) is 15.2. The minimum Gasteiger partial charge on any atom is -0.508 e. The van der Waals surface area contributed by atoms with Crippen molar-refractivity contribution in [3.8, 4) is 11.5 Å². The van der Waals surface area contributed by atoms with Gasteiger partial charge in [0.15, 0.2) is 10.1 Å². The average Bonchev–Trinajstić information content (AvgIpc) is 2.48. The second-order valence-corrected chi connectivity index (χ2v) is 4.82. The fraction of sp³-hybridized carbons (Fsp3) is 0.0667. The summed E-state index contributed by atoms with van der Waals surface area (Å²) in [5.41, 5.74) is 1.34. The highest BCUT2D eigenvalue weighted by atomic mass is 32.1. The molecule has 0 bridgehead atoms. The molecule has 0 saturated carbocycles. The number of benzene rings is 2. The lowest BCUT2D eigenvalue weighted by Crippen LogP contribution is -2.11. The van der Waals surface area contributed by atoms with Crippen LogP contribution in [0.1, 0.15) is 11.1 Å². The van der Waals surface area contributed by atoms with E-state index in [1.165, 1.54) is 24.3 Å². The summed E-state index contributed by atoms with van der Waals surface area (Å²) >= 11 is 10.2. The number of rotatable bonds is 4. The molecule has 6 heteroatoms. The van der Waals surface area contributed by atoms with E-state index in [-0.39, 0.29) is 28.4 Å². The third kappa shape index (κ3) is 4.40. The lowest BCUT2D eigenvalue weighted by molar-refractivity contribution is 0.108. The summed E-state index contributed by atoms with van der Waals surface area (Å²) in [4.78, 5) is 0. The molecule has 0 unspecified atom stereocenters. The highest BCUT2D eigenvalue weighted by Crippen LogP contribution is 2.13. The minimum absolute atomic E-state index is 0.112. The van der Waals surface area contributed by atoms with Gasteiger partial charge in [0.1, 0.15) is 11.5 Å². The van der Waals surface area contributed by atoms with Crippen LogP contribution in [0.25, 0.3) is 0 Å². The van der Waals surface area contributed by atoms with Crippen molar-refractivity contribution >= 4 is 34.5 Å². The Bertz CT molecular complexity index is 578. The molecule has 2 aromatic carbocycles. The largest absolute Gasteiger partial charge is 0.508 e. The first kappa shape index (κ1) is 15.2. The van der Waals surface area contributed by atoms with Crippen LogP contribution in [0.2, 0.25) is 0 Å². The van der Waals surface area contributed by atoms with Gasteiger partial charge in [-0.3, -0.25) is 0 Å². The van der Waals surface area contributed by atoms with Gasteiger partial charge in [-0.25, -0.2) is 0 Å². The second-order valence-electron chi connectivity index (χ2n) is 4.08. The molecule has 0 aliphatic rings. The Morgan fingerprint density at radius 2 is 1.05 bits per heavy atom. The maximum atomic E-state index is 9.19. The van der Waals surface area contributed by atoms with E-state index in [9.17, 15) is 10.2 Å². The normalized spacial score (nSPS) is 9.90. The maximum absolute atomic E-state index is 9.19. The van der Waals surface area contributed by atoms with Crippen LogP contribution in [0.15, 0.2) is 48.5 Å².